The molecule has 4 saturated carbocycles. The lowest BCUT2D eigenvalue weighted by Crippen LogP contribution is -2.77. The van der Waals surface area contributed by atoms with Crippen LogP contribution in [-0.4, -0.2) is 32.3 Å². The van der Waals surface area contributed by atoms with Crippen LogP contribution in [0.2, 0.25) is 0 Å². The van der Waals surface area contributed by atoms with Crippen molar-refractivity contribution in [2.24, 2.45) is 11.3 Å². The Labute approximate surface area is 128 Å². The minimum Gasteiger partial charge on any atom is -0.481 e. The minimum absolute atomic E-state index is 0.128. The van der Waals surface area contributed by atoms with Crippen molar-refractivity contribution in [2.75, 3.05) is 0 Å². The first-order valence-electron chi connectivity index (χ1n) is 8.09. The van der Waals surface area contributed by atoms with Crippen LogP contribution in [0.15, 0.2) is 12.4 Å². The van der Waals surface area contributed by atoms with Crippen LogP contribution in [-0.2, 0) is 11.3 Å². The van der Waals surface area contributed by atoms with E-state index in [-0.39, 0.29) is 11.4 Å². The molecule has 0 atom stereocenters. The molecule has 6 heteroatoms. The third-order valence-corrected chi connectivity index (χ3v) is 5.68. The molecule has 0 aliphatic heterocycles. The average Bonchev–Trinajstić information content (AvgIpc) is 3.03. The summed E-state index contributed by atoms with van der Waals surface area (Å²) in [5.41, 5.74) is -0.254. The van der Waals surface area contributed by atoms with Gasteiger partial charge in [0.1, 0.15) is 0 Å². The molecule has 1 aromatic rings. The van der Waals surface area contributed by atoms with Crippen molar-refractivity contribution in [1.82, 2.24) is 15.1 Å². The summed E-state index contributed by atoms with van der Waals surface area (Å²) in [7, 11) is 0. The van der Waals surface area contributed by atoms with E-state index in [1.165, 1.54) is 25.7 Å². The summed E-state index contributed by atoms with van der Waals surface area (Å²) >= 11 is 0. The first kappa shape index (κ1) is 13.8. The number of carbonyl (C=O) groups is 2. The zero-order chi connectivity index (χ0) is 15.4. The summed E-state index contributed by atoms with van der Waals surface area (Å²) in [6.45, 7) is 0.889. The summed E-state index contributed by atoms with van der Waals surface area (Å²) in [6, 6.07) is 0. The lowest BCUT2D eigenvalue weighted by atomic mass is 9.39. The minimum atomic E-state index is -0.729. The molecule has 0 unspecified atom stereocenters. The van der Waals surface area contributed by atoms with Crippen LogP contribution in [0.3, 0.4) is 0 Å². The molecule has 0 spiro atoms. The van der Waals surface area contributed by atoms with Crippen LogP contribution in [0.5, 0.6) is 0 Å². The van der Waals surface area contributed by atoms with Crippen molar-refractivity contribution in [3.63, 3.8) is 0 Å². The van der Waals surface area contributed by atoms with Gasteiger partial charge in [-0.15, -0.1) is 0 Å². The fourth-order valence-corrected chi connectivity index (χ4v) is 4.50. The lowest BCUT2D eigenvalue weighted by molar-refractivity contribution is -0.196. The van der Waals surface area contributed by atoms with Gasteiger partial charge in [-0.1, -0.05) is 12.8 Å². The van der Waals surface area contributed by atoms with Crippen molar-refractivity contribution in [2.45, 2.75) is 57.0 Å². The third kappa shape index (κ3) is 2.04. The molecular weight excluding hydrogens is 282 g/mol. The van der Waals surface area contributed by atoms with E-state index in [1.807, 2.05) is 10.9 Å². The summed E-state index contributed by atoms with van der Waals surface area (Å²) in [6.07, 6.45) is 10.2. The number of rotatable bonds is 5. The van der Waals surface area contributed by atoms with Crippen LogP contribution >= 0.6 is 0 Å². The SMILES string of the molecule is O=C(NC12CC(C(=O)O)(C1)C2)c1cnn(CC2CCCC2)c1. The second-order valence-corrected chi connectivity index (χ2v) is 7.45. The van der Waals surface area contributed by atoms with Crippen molar-refractivity contribution in [3.8, 4) is 0 Å². The van der Waals surface area contributed by atoms with E-state index in [4.69, 9.17) is 5.11 Å². The molecule has 0 radical (unpaired) electrons. The van der Waals surface area contributed by atoms with Crippen LogP contribution in [0.4, 0.5) is 0 Å². The molecule has 0 saturated heterocycles. The Balaban J connectivity index is 1.34. The molecule has 2 N–H and O–H groups in total. The van der Waals surface area contributed by atoms with E-state index in [9.17, 15) is 9.59 Å². The van der Waals surface area contributed by atoms with Gasteiger partial charge in [0.05, 0.1) is 17.2 Å². The number of aliphatic carboxylic acids is 1. The van der Waals surface area contributed by atoms with E-state index >= 15 is 0 Å². The van der Waals surface area contributed by atoms with Crippen LogP contribution in [0.1, 0.15) is 55.3 Å². The van der Waals surface area contributed by atoms with Gasteiger partial charge in [-0.3, -0.25) is 14.3 Å². The van der Waals surface area contributed by atoms with Gasteiger partial charge in [-0.25, -0.2) is 0 Å². The molecule has 5 rings (SSSR count). The normalized spacial score (nSPS) is 33.1. The van der Waals surface area contributed by atoms with Gasteiger partial charge in [0.2, 0.25) is 0 Å². The molecule has 4 fully saturated rings. The van der Waals surface area contributed by atoms with E-state index in [0.29, 0.717) is 30.7 Å². The number of nitrogens with zero attached hydrogens (tertiary/aromatic N) is 2. The molecule has 1 aromatic heterocycles. The fraction of sp³-hybridized carbons (Fsp3) is 0.688. The van der Waals surface area contributed by atoms with E-state index < -0.39 is 11.4 Å². The summed E-state index contributed by atoms with van der Waals surface area (Å²) in [5.74, 6) is -0.173. The van der Waals surface area contributed by atoms with Gasteiger partial charge in [0.25, 0.3) is 5.91 Å². The first-order chi connectivity index (χ1) is 10.5. The monoisotopic (exact) mass is 303 g/mol. The molecule has 0 aromatic carbocycles. The first-order valence-corrected chi connectivity index (χ1v) is 8.09. The van der Waals surface area contributed by atoms with E-state index in [1.54, 1.807) is 6.20 Å². The number of amides is 1. The second kappa shape index (κ2) is 4.57. The topological polar surface area (TPSA) is 84.2 Å². The molecular formula is C16H21N3O3. The summed E-state index contributed by atoms with van der Waals surface area (Å²) in [4.78, 5) is 23.4. The number of aromatic nitrogens is 2. The van der Waals surface area contributed by atoms with Gasteiger partial charge in [0.15, 0.2) is 0 Å². The Morgan fingerprint density at radius 2 is 2.00 bits per heavy atom. The quantitative estimate of drug-likeness (QED) is 0.869. The van der Waals surface area contributed by atoms with Crippen LogP contribution < -0.4 is 5.32 Å². The highest BCUT2D eigenvalue weighted by Crippen LogP contribution is 2.67. The standard InChI is InChI=1S/C16H21N3O3/c20-13(18-16-8-15(9-16,10-16)14(21)22)12-5-17-19(7-12)6-11-3-1-2-4-11/h5,7,11H,1-4,6,8-10H2,(H,18,20)(H,21,22). The largest absolute Gasteiger partial charge is 0.481 e. The van der Waals surface area contributed by atoms with Gasteiger partial charge >= 0.3 is 5.97 Å². The second-order valence-electron chi connectivity index (χ2n) is 7.45. The van der Waals surface area contributed by atoms with E-state index in [0.717, 1.165) is 6.54 Å². The van der Waals surface area contributed by atoms with Gasteiger partial charge in [-0.05, 0) is 38.0 Å². The number of carbonyl (C=O) groups excluding carboxylic acids is 1. The third-order valence-electron chi connectivity index (χ3n) is 5.68. The highest BCUT2D eigenvalue weighted by molar-refractivity contribution is 5.95. The number of carboxylic acid groups (broad SMARTS) is 1. The van der Waals surface area contributed by atoms with Gasteiger partial charge < -0.3 is 10.4 Å². The maximum atomic E-state index is 12.3. The zero-order valence-electron chi connectivity index (χ0n) is 12.5. The molecule has 4 aliphatic rings. The predicted octanol–water partition coefficient (Wildman–Crippen LogP) is 1.81. The smallest absolute Gasteiger partial charge is 0.309 e. The van der Waals surface area contributed by atoms with Crippen molar-refractivity contribution < 1.29 is 14.7 Å². The molecule has 2 bridgehead atoms. The number of hydrogen-bond donors (Lipinski definition) is 2. The highest BCUT2D eigenvalue weighted by atomic mass is 16.4. The van der Waals surface area contributed by atoms with Gasteiger partial charge in [0, 0.05) is 18.3 Å². The molecule has 1 heterocycles. The Kier molecular flexibility index (Phi) is 2.86. The maximum absolute atomic E-state index is 12.3. The summed E-state index contributed by atoms with van der Waals surface area (Å²) in [5, 5.41) is 16.4. The lowest BCUT2D eigenvalue weighted by Gasteiger charge is -2.67. The van der Waals surface area contributed by atoms with Crippen LogP contribution in [0.25, 0.3) is 0 Å². The Morgan fingerprint density at radius 3 is 2.64 bits per heavy atom. The average molecular weight is 303 g/mol. The van der Waals surface area contributed by atoms with Crippen molar-refractivity contribution >= 4 is 11.9 Å². The Bertz CT molecular complexity index is 611. The Hall–Kier alpha value is -1.85. The maximum Gasteiger partial charge on any atom is 0.309 e. The molecule has 4 aliphatic carbocycles. The number of carboxylic acids is 1. The number of hydrogen-bond acceptors (Lipinski definition) is 3. The van der Waals surface area contributed by atoms with Crippen molar-refractivity contribution in [3.05, 3.63) is 18.0 Å². The fourth-order valence-electron chi connectivity index (χ4n) is 4.50. The van der Waals surface area contributed by atoms with Gasteiger partial charge in [-0.2, -0.15) is 5.10 Å². The molecule has 22 heavy (non-hydrogen) atoms. The summed E-state index contributed by atoms with van der Waals surface area (Å²) < 4.78 is 1.87. The highest BCUT2D eigenvalue weighted by Gasteiger charge is 2.72. The number of nitrogens with one attached hydrogen (secondary N) is 1. The predicted molar refractivity (Wildman–Crippen MR) is 78.3 cm³/mol. The van der Waals surface area contributed by atoms with Crippen LogP contribution in [0, 0.1) is 11.3 Å². The zero-order valence-corrected chi connectivity index (χ0v) is 12.5. The molecule has 1 amide bonds. The van der Waals surface area contributed by atoms with Crippen molar-refractivity contribution in [1.29, 1.82) is 0 Å². The Morgan fingerprint density at radius 1 is 1.32 bits per heavy atom. The molecule has 118 valence electrons. The van der Waals surface area contributed by atoms with E-state index in [2.05, 4.69) is 10.4 Å². The molecule has 6 nitrogen and oxygen atoms in total.